The third-order valence-electron chi connectivity index (χ3n) is 3.51. The Balaban J connectivity index is 3.16. The van der Waals surface area contributed by atoms with Crippen LogP contribution in [0.5, 0.6) is 0 Å². The van der Waals surface area contributed by atoms with E-state index in [-0.39, 0.29) is 5.41 Å². The number of hydrogen-bond acceptors (Lipinski definition) is 3. The van der Waals surface area contributed by atoms with Crippen molar-refractivity contribution in [2.75, 3.05) is 24.5 Å². The molecule has 1 rings (SSSR count). The minimum atomic E-state index is 0.0776. The molecule has 0 atom stereocenters. The average molecular weight is 291 g/mol. The molecule has 1 heterocycles. The Bertz CT molecular complexity index is 433. The van der Waals surface area contributed by atoms with Gasteiger partial charge in [0.05, 0.1) is 0 Å². The predicted octanol–water partition coefficient (Wildman–Crippen LogP) is 3.97. The minimum Gasteiger partial charge on any atom is -0.357 e. The Morgan fingerprint density at radius 2 is 1.86 bits per heavy atom. The van der Waals surface area contributed by atoms with E-state index in [2.05, 4.69) is 70.8 Å². The first-order valence-electron chi connectivity index (χ1n) is 8.25. The van der Waals surface area contributed by atoms with Crippen LogP contribution in [0, 0.1) is 5.92 Å². The molecule has 120 valence electrons. The molecule has 3 nitrogen and oxygen atoms in total. The van der Waals surface area contributed by atoms with E-state index in [4.69, 9.17) is 4.98 Å². The fraction of sp³-hybridized carbons (Fsp3) is 0.722. The van der Waals surface area contributed by atoms with E-state index < -0.39 is 0 Å². The van der Waals surface area contributed by atoms with Crippen LogP contribution in [0.2, 0.25) is 0 Å². The first-order chi connectivity index (χ1) is 9.77. The zero-order valence-corrected chi connectivity index (χ0v) is 15.0. The van der Waals surface area contributed by atoms with Crippen LogP contribution in [-0.4, -0.2) is 24.6 Å². The van der Waals surface area contributed by atoms with Gasteiger partial charge in [-0.05, 0) is 37.1 Å². The molecule has 0 bridgehead atoms. The highest BCUT2D eigenvalue weighted by atomic mass is 15.2. The lowest BCUT2D eigenvalue weighted by molar-refractivity contribution is 0.561. The molecule has 1 aromatic heterocycles. The van der Waals surface area contributed by atoms with Gasteiger partial charge in [-0.2, -0.15) is 0 Å². The molecule has 1 aromatic rings. The molecule has 0 unspecified atom stereocenters. The Morgan fingerprint density at radius 3 is 2.33 bits per heavy atom. The van der Waals surface area contributed by atoms with E-state index in [1.165, 1.54) is 11.3 Å². The third kappa shape index (κ3) is 5.66. The molecule has 0 saturated carbocycles. The standard InChI is InChI=1S/C18H33N3/c1-8-19-12-15-10-16(18(5,6)7)20-17(11-15)21(9-2)13-14(3)4/h10-11,14,19H,8-9,12-13H2,1-7H3. The largest absolute Gasteiger partial charge is 0.357 e. The van der Waals surface area contributed by atoms with Gasteiger partial charge in [-0.1, -0.05) is 41.5 Å². The molecule has 0 fully saturated rings. The van der Waals surface area contributed by atoms with E-state index in [1.807, 2.05) is 0 Å². The Morgan fingerprint density at radius 1 is 1.19 bits per heavy atom. The van der Waals surface area contributed by atoms with Gasteiger partial charge in [0.2, 0.25) is 0 Å². The maximum absolute atomic E-state index is 4.94. The summed E-state index contributed by atoms with van der Waals surface area (Å²) in [7, 11) is 0. The lowest BCUT2D eigenvalue weighted by Crippen LogP contribution is -2.29. The van der Waals surface area contributed by atoms with Gasteiger partial charge in [0, 0.05) is 30.7 Å². The van der Waals surface area contributed by atoms with Gasteiger partial charge in [0.15, 0.2) is 0 Å². The van der Waals surface area contributed by atoms with Crippen molar-refractivity contribution < 1.29 is 0 Å². The second kappa shape index (κ2) is 7.79. The molecule has 0 radical (unpaired) electrons. The summed E-state index contributed by atoms with van der Waals surface area (Å²) in [5, 5.41) is 3.42. The number of anilines is 1. The highest BCUT2D eigenvalue weighted by molar-refractivity contribution is 5.44. The summed E-state index contributed by atoms with van der Waals surface area (Å²) in [4.78, 5) is 7.32. The molecule has 0 aromatic carbocycles. The van der Waals surface area contributed by atoms with Gasteiger partial charge in [-0.25, -0.2) is 4.98 Å². The average Bonchev–Trinajstić information content (AvgIpc) is 2.41. The maximum Gasteiger partial charge on any atom is 0.129 e. The smallest absolute Gasteiger partial charge is 0.129 e. The molecule has 21 heavy (non-hydrogen) atoms. The van der Waals surface area contributed by atoms with Crippen molar-refractivity contribution in [1.29, 1.82) is 0 Å². The summed E-state index contributed by atoms with van der Waals surface area (Å²) in [5.74, 6) is 1.76. The summed E-state index contributed by atoms with van der Waals surface area (Å²) in [6.07, 6.45) is 0. The number of rotatable bonds is 7. The molecule has 1 N–H and O–H groups in total. The topological polar surface area (TPSA) is 28.2 Å². The molecule has 0 aliphatic rings. The molecule has 3 heteroatoms. The van der Waals surface area contributed by atoms with Gasteiger partial charge >= 0.3 is 0 Å². The van der Waals surface area contributed by atoms with Crippen molar-refractivity contribution >= 4 is 5.82 Å². The van der Waals surface area contributed by atoms with Crippen LogP contribution in [0.15, 0.2) is 12.1 Å². The van der Waals surface area contributed by atoms with E-state index in [0.29, 0.717) is 5.92 Å². The second-order valence-corrected chi connectivity index (χ2v) is 7.18. The molecule has 0 spiro atoms. The number of pyridine rings is 1. The molecule has 0 aliphatic heterocycles. The SMILES string of the molecule is CCNCc1cc(N(CC)CC(C)C)nc(C(C)(C)C)c1. The van der Waals surface area contributed by atoms with Crippen molar-refractivity contribution in [3.63, 3.8) is 0 Å². The van der Waals surface area contributed by atoms with E-state index in [0.717, 1.165) is 32.0 Å². The number of nitrogens with one attached hydrogen (secondary N) is 1. The van der Waals surface area contributed by atoms with Gasteiger partial charge in [0.25, 0.3) is 0 Å². The number of nitrogens with zero attached hydrogens (tertiary/aromatic N) is 2. The monoisotopic (exact) mass is 291 g/mol. The lowest BCUT2D eigenvalue weighted by Gasteiger charge is -2.27. The predicted molar refractivity (Wildman–Crippen MR) is 93.0 cm³/mol. The van der Waals surface area contributed by atoms with Crippen LogP contribution in [0.4, 0.5) is 5.82 Å². The summed E-state index contributed by atoms with van der Waals surface area (Å²) in [6.45, 7) is 19.5. The van der Waals surface area contributed by atoms with E-state index in [9.17, 15) is 0 Å². The van der Waals surface area contributed by atoms with Crippen LogP contribution < -0.4 is 10.2 Å². The van der Waals surface area contributed by atoms with Crippen LogP contribution in [0.25, 0.3) is 0 Å². The van der Waals surface area contributed by atoms with Gasteiger partial charge in [-0.15, -0.1) is 0 Å². The van der Waals surface area contributed by atoms with E-state index in [1.54, 1.807) is 0 Å². The lowest BCUT2D eigenvalue weighted by atomic mass is 9.90. The molecule has 0 saturated heterocycles. The Kier molecular flexibility index (Phi) is 6.66. The highest BCUT2D eigenvalue weighted by Gasteiger charge is 2.19. The summed E-state index contributed by atoms with van der Waals surface area (Å²) < 4.78 is 0. The first-order valence-corrected chi connectivity index (χ1v) is 8.25. The van der Waals surface area contributed by atoms with Crippen molar-refractivity contribution in [1.82, 2.24) is 10.3 Å². The second-order valence-electron chi connectivity index (χ2n) is 7.18. The van der Waals surface area contributed by atoms with Gasteiger partial charge in [0.1, 0.15) is 5.82 Å². The minimum absolute atomic E-state index is 0.0776. The number of aromatic nitrogens is 1. The quantitative estimate of drug-likeness (QED) is 0.824. The van der Waals surface area contributed by atoms with Crippen LogP contribution in [0.3, 0.4) is 0 Å². The molecular weight excluding hydrogens is 258 g/mol. The Labute approximate surface area is 131 Å². The van der Waals surface area contributed by atoms with Crippen LogP contribution in [-0.2, 0) is 12.0 Å². The van der Waals surface area contributed by atoms with Crippen molar-refractivity contribution in [2.24, 2.45) is 5.92 Å². The zero-order chi connectivity index (χ0) is 16.0. The van der Waals surface area contributed by atoms with Gasteiger partial charge in [-0.3, -0.25) is 0 Å². The van der Waals surface area contributed by atoms with Crippen molar-refractivity contribution in [2.45, 2.75) is 60.4 Å². The number of hydrogen-bond donors (Lipinski definition) is 1. The third-order valence-corrected chi connectivity index (χ3v) is 3.51. The summed E-state index contributed by atoms with van der Waals surface area (Å²) in [6, 6.07) is 4.49. The molecule has 0 amide bonds. The maximum atomic E-state index is 4.94. The van der Waals surface area contributed by atoms with Crippen molar-refractivity contribution in [3.05, 3.63) is 23.4 Å². The molecular formula is C18H33N3. The summed E-state index contributed by atoms with van der Waals surface area (Å²) >= 11 is 0. The van der Waals surface area contributed by atoms with E-state index >= 15 is 0 Å². The van der Waals surface area contributed by atoms with Crippen molar-refractivity contribution in [3.8, 4) is 0 Å². The fourth-order valence-electron chi connectivity index (χ4n) is 2.31. The summed E-state index contributed by atoms with van der Waals surface area (Å²) in [5.41, 5.74) is 2.58. The first kappa shape index (κ1) is 18.0. The Hall–Kier alpha value is -1.09. The zero-order valence-electron chi connectivity index (χ0n) is 15.0. The fourth-order valence-corrected chi connectivity index (χ4v) is 2.31. The van der Waals surface area contributed by atoms with Crippen LogP contribution in [0.1, 0.15) is 59.7 Å². The van der Waals surface area contributed by atoms with Gasteiger partial charge < -0.3 is 10.2 Å². The highest BCUT2D eigenvalue weighted by Crippen LogP contribution is 2.25. The molecule has 0 aliphatic carbocycles. The normalized spacial score (nSPS) is 12.0. The van der Waals surface area contributed by atoms with Crippen LogP contribution >= 0.6 is 0 Å².